The van der Waals surface area contributed by atoms with Crippen molar-refractivity contribution in [1.29, 1.82) is 0 Å². The van der Waals surface area contributed by atoms with Crippen molar-refractivity contribution in [2.45, 2.75) is 13.8 Å². The molecule has 1 aromatic carbocycles. The number of nitrogens with zero attached hydrogens (tertiary/aromatic N) is 3. The average Bonchev–Trinajstić information content (AvgIpc) is 2.47. The lowest BCUT2D eigenvalue weighted by Crippen LogP contribution is -2.23. The summed E-state index contributed by atoms with van der Waals surface area (Å²) in [6, 6.07) is 3.78. The van der Waals surface area contributed by atoms with E-state index in [4.69, 9.17) is 9.47 Å². The normalized spacial score (nSPS) is 10.0. The highest BCUT2D eigenvalue weighted by molar-refractivity contribution is 5.94. The smallest absolute Gasteiger partial charge is 0.148 e. The Hall–Kier alpha value is -1.75. The van der Waals surface area contributed by atoms with Crippen molar-refractivity contribution in [1.82, 2.24) is 9.97 Å². The van der Waals surface area contributed by atoms with E-state index < -0.39 is 0 Å². The second-order valence-electron chi connectivity index (χ2n) is 4.10. The molecule has 0 unspecified atom stereocenters. The standard InChI is InChI=1S/C14H19N3O2.ClH/c1-5-17(6-2)14-11-7-10(18-3)8-12(19-4)13(11)15-9-16-14;/h7-9H,5-6H2,1-4H3;1H. The van der Waals surface area contributed by atoms with Gasteiger partial charge in [0.2, 0.25) is 0 Å². The van der Waals surface area contributed by atoms with Crippen molar-refractivity contribution in [3.8, 4) is 11.5 Å². The SMILES string of the molecule is CCN(CC)c1ncnc2c(OC)cc(OC)cc12.Cl. The van der Waals surface area contributed by atoms with E-state index in [0.717, 1.165) is 35.6 Å². The molecule has 2 rings (SSSR count). The number of anilines is 1. The number of ether oxygens (including phenoxy) is 2. The van der Waals surface area contributed by atoms with E-state index in [1.807, 2.05) is 12.1 Å². The minimum atomic E-state index is 0. The minimum Gasteiger partial charge on any atom is -0.497 e. The monoisotopic (exact) mass is 297 g/mol. The van der Waals surface area contributed by atoms with Gasteiger partial charge in [-0.1, -0.05) is 0 Å². The maximum absolute atomic E-state index is 5.38. The maximum atomic E-state index is 5.38. The van der Waals surface area contributed by atoms with Crippen molar-refractivity contribution in [3.05, 3.63) is 18.5 Å². The predicted molar refractivity (Wildman–Crippen MR) is 83.5 cm³/mol. The van der Waals surface area contributed by atoms with Gasteiger partial charge in [0, 0.05) is 19.2 Å². The van der Waals surface area contributed by atoms with Gasteiger partial charge in [-0.15, -0.1) is 12.4 Å². The molecule has 0 aliphatic carbocycles. The zero-order chi connectivity index (χ0) is 13.8. The summed E-state index contributed by atoms with van der Waals surface area (Å²) < 4.78 is 10.7. The molecular weight excluding hydrogens is 278 g/mol. The van der Waals surface area contributed by atoms with Crippen molar-refractivity contribution in [2.75, 3.05) is 32.2 Å². The van der Waals surface area contributed by atoms with Gasteiger partial charge in [0.15, 0.2) is 0 Å². The van der Waals surface area contributed by atoms with Crippen molar-refractivity contribution < 1.29 is 9.47 Å². The highest BCUT2D eigenvalue weighted by Gasteiger charge is 2.14. The molecule has 1 aromatic heterocycles. The van der Waals surface area contributed by atoms with E-state index in [1.54, 1.807) is 20.5 Å². The van der Waals surface area contributed by atoms with Crippen molar-refractivity contribution in [3.63, 3.8) is 0 Å². The Labute approximate surface area is 125 Å². The van der Waals surface area contributed by atoms with Crippen LogP contribution in [0.2, 0.25) is 0 Å². The summed E-state index contributed by atoms with van der Waals surface area (Å²) in [5.74, 6) is 2.35. The molecule has 0 saturated heterocycles. The molecule has 0 amide bonds. The molecule has 0 saturated carbocycles. The Kier molecular flexibility index (Phi) is 5.82. The first-order chi connectivity index (χ1) is 9.24. The molecule has 5 nitrogen and oxygen atoms in total. The quantitative estimate of drug-likeness (QED) is 0.849. The summed E-state index contributed by atoms with van der Waals surface area (Å²) in [4.78, 5) is 10.9. The topological polar surface area (TPSA) is 47.5 Å². The highest BCUT2D eigenvalue weighted by atomic mass is 35.5. The van der Waals surface area contributed by atoms with E-state index in [9.17, 15) is 0 Å². The fourth-order valence-electron chi connectivity index (χ4n) is 2.15. The van der Waals surface area contributed by atoms with Crippen molar-refractivity contribution >= 4 is 29.1 Å². The molecule has 1 heterocycles. The van der Waals surface area contributed by atoms with Crippen LogP contribution < -0.4 is 14.4 Å². The predicted octanol–water partition coefficient (Wildman–Crippen LogP) is 2.92. The number of halogens is 1. The Morgan fingerprint density at radius 1 is 1.05 bits per heavy atom. The van der Waals surface area contributed by atoms with Gasteiger partial charge >= 0.3 is 0 Å². The number of methoxy groups -OCH3 is 2. The number of hydrogen-bond donors (Lipinski definition) is 0. The van der Waals surface area contributed by atoms with Crippen LogP contribution >= 0.6 is 12.4 Å². The summed E-state index contributed by atoms with van der Waals surface area (Å²) >= 11 is 0. The molecule has 0 radical (unpaired) electrons. The lowest BCUT2D eigenvalue weighted by molar-refractivity contribution is 0.397. The van der Waals surface area contributed by atoms with E-state index in [-0.39, 0.29) is 12.4 Å². The number of hydrogen-bond acceptors (Lipinski definition) is 5. The number of aromatic nitrogens is 2. The van der Waals surface area contributed by atoms with E-state index in [1.165, 1.54) is 0 Å². The van der Waals surface area contributed by atoms with Crippen LogP contribution in [0.4, 0.5) is 5.82 Å². The van der Waals surface area contributed by atoms with Gasteiger partial charge in [0.1, 0.15) is 29.2 Å². The maximum Gasteiger partial charge on any atom is 0.148 e. The molecule has 20 heavy (non-hydrogen) atoms. The average molecular weight is 298 g/mol. The first kappa shape index (κ1) is 16.3. The molecule has 0 atom stereocenters. The van der Waals surface area contributed by atoms with Gasteiger partial charge in [0.25, 0.3) is 0 Å². The zero-order valence-electron chi connectivity index (χ0n) is 12.2. The molecule has 0 spiro atoms. The molecule has 0 N–H and O–H groups in total. The van der Waals surface area contributed by atoms with Crippen LogP contribution in [-0.4, -0.2) is 37.3 Å². The number of benzene rings is 1. The van der Waals surface area contributed by atoms with Gasteiger partial charge in [-0.25, -0.2) is 9.97 Å². The molecule has 6 heteroatoms. The molecule has 2 aromatic rings. The van der Waals surface area contributed by atoms with Crippen LogP contribution in [0.25, 0.3) is 10.9 Å². The third-order valence-corrected chi connectivity index (χ3v) is 3.17. The third kappa shape index (κ3) is 2.88. The number of rotatable bonds is 5. The van der Waals surface area contributed by atoms with Crippen LogP contribution in [-0.2, 0) is 0 Å². The molecule has 0 fully saturated rings. The van der Waals surface area contributed by atoms with Gasteiger partial charge < -0.3 is 14.4 Å². The highest BCUT2D eigenvalue weighted by Crippen LogP contribution is 2.33. The molecule has 110 valence electrons. The molecular formula is C14H20ClN3O2. The van der Waals surface area contributed by atoms with Crippen molar-refractivity contribution in [2.24, 2.45) is 0 Å². The Morgan fingerprint density at radius 2 is 1.75 bits per heavy atom. The van der Waals surface area contributed by atoms with Gasteiger partial charge in [-0.05, 0) is 19.9 Å². The van der Waals surface area contributed by atoms with Crippen LogP contribution in [0.5, 0.6) is 11.5 Å². The van der Waals surface area contributed by atoms with E-state index in [2.05, 4.69) is 28.7 Å². The third-order valence-electron chi connectivity index (χ3n) is 3.17. The van der Waals surface area contributed by atoms with E-state index >= 15 is 0 Å². The van der Waals surface area contributed by atoms with Crippen LogP contribution in [0, 0.1) is 0 Å². The van der Waals surface area contributed by atoms with E-state index in [0.29, 0.717) is 5.75 Å². The Balaban J connectivity index is 0.00000200. The zero-order valence-corrected chi connectivity index (χ0v) is 13.0. The van der Waals surface area contributed by atoms with Crippen LogP contribution in [0.3, 0.4) is 0 Å². The lowest BCUT2D eigenvalue weighted by Gasteiger charge is -2.21. The summed E-state index contributed by atoms with van der Waals surface area (Å²) in [5.41, 5.74) is 0.806. The summed E-state index contributed by atoms with van der Waals surface area (Å²) in [6.45, 7) is 5.99. The van der Waals surface area contributed by atoms with Gasteiger partial charge in [-0.2, -0.15) is 0 Å². The molecule has 0 bridgehead atoms. The second kappa shape index (κ2) is 7.14. The second-order valence-corrected chi connectivity index (χ2v) is 4.10. The fraction of sp³-hybridized carbons (Fsp3) is 0.429. The largest absolute Gasteiger partial charge is 0.497 e. The fourth-order valence-corrected chi connectivity index (χ4v) is 2.15. The molecule has 0 aliphatic heterocycles. The minimum absolute atomic E-state index is 0. The lowest BCUT2D eigenvalue weighted by atomic mass is 10.2. The first-order valence-electron chi connectivity index (χ1n) is 6.36. The van der Waals surface area contributed by atoms with Gasteiger partial charge in [0.05, 0.1) is 19.6 Å². The van der Waals surface area contributed by atoms with Gasteiger partial charge in [-0.3, -0.25) is 0 Å². The Morgan fingerprint density at radius 3 is 2.30 bits per heavy atom. The van der Waals surface area contributed by atoms with Crippen LogP contribution in [0.15, 0.2) is 18.5 Å². The molecule has 0 aliphatic rings. The summed E-state index contributed by atoms with van der Waals surface area (Å²) in [5, 5.41) is 0.947. The van der Waals surface area contributed by atoms with Crippen LogP contribution in [0.1, 0.15) is 13.8 Å². The summed E-state index contributed by atoms with van der Waals surface area (Å²) in [6.07, 6.45) is 1.57. The first-order valence-corrected chi connectivity index (χ1v) is 6.36. The number of fused-ring (bicyclic) bond motifs is 1. The Bertz CT molecular complexity index is 574. The summed E-state index contributed by atoms with van der Waals surface area (Å²) in [7, 11) is 3.27.